The maximum Gasteiger partial charge on any atom is 0.416 e. The molecule has 2 aliphatic rings. The Morgan fingerprint density at radius 3 is 1.24 bits per heavy atom. The predicted octanol–water partition coefficient (Wildman–Crippen LogP) is 10.7. The van der Waals surface area contributed by atoms with Gasteiger partial charge in [0.2, 0.25) is 11.6 Å². The van der Waals surface area contributed by atoms with E-state index in [1.54, 1.807) is 38.1 Å². The number of carbonyl (C=O) groups is 2. The van der Waals surface area contributed by atoms with Gasteiger partial charge < -0.3 is 37.9 Å². The molecule has 16 nitrogen and oxygen atoms in total. The van der Waals surface area contributed by atoms with Crippen LogP contribution in [0.2, 0.25) is 0 Å². The lowest BCUT2D eigenvalue weighted by Crippen LogP contribution is -2.17. The molecule has 4 heterocycles. The molecule has 0 spiro atoms. The zero-order valence-electron chi connectivity index (χ0n) is 39.8. The summed E-state index contributed by atoms with van der Waals surface area (Å²) in [5, 5.41) is 14.7. The summed E-state index contributed by atoms with van der Waals surface area (Å²) in [7, 11) is 5.44. The lowest BCUT2D eigenvalue weighted by Gasteiger charge is -2.25. The molecule has 0 amide bonds. The molecule has 0 aliphatic carbocycles. The van der Waals surface area contributed by atoms with E-state index >= 15 is 0 Å². The number of halogens is 10. The van der Waals surface area contributed by atoms with Crippen LogP contribution in [-0.4, -0.2) is 83.1 Å². The lowest BCUT2D eigenvalue weighted by atomic mass is 9.96. The van der Waals surface area contributed by atoms with E-state index in [-0.39, 0.29) is 81.5 Å². The maximum atomic E-state index is 14.0. The van der Waals surface area contributed by atoms with Crippen LogP contribution in [0.1, 0.15) is 121 Å². The van der Waals surface area contributed by atoms with Crippen molar-refractivity contribution in [2.45, 2.75) is 76.3 Å². The highest BCUT2D eigenvalue weighted by Crippen LogP contribution is 2.50. The Balaban J connectivity index is 0.000000216. The minimum absolute atomic E-state index is 0.0445. The number of hydrogen-bond donors (Lipinski definition) is 0. The van der Waals surface area contributed by atoms with Crippen LogP contribution in [0.5, 0.6) is 23.0 Å². The molecule has 26 heteroatoms. The van der Waals surface area contributed by atoms with Gasteiger partial charge in [0.15, 0.2) is 34.6 Å². The summed E-state index contributed by atoms with van der Waals surface area (Å²) in [6, 6.07) is 14.6. The molecule has 0 radical (unpaired) electrons. The fourth-order valence-electron chi connectivity index (χ4n) is 8.44. The molecule has 396 valence electrons. The summed E-state index contributed by atoms with van der Waals surface area (Å²) in [6.45, 7) is 3.26. The van der Waals surface area contributed by atoms with Crippen LogP contribution < -0.4 is 18.9 Å². The number of hydrogen-bond acceptors (Lipinski definition) is 14. The van der Waals surface area contributed by atoms with Crippen molar-refractivity contribution >= 4 is 11.9 Å². The normalized spacial score (nSPS) is 17.1. The van der Waals surface area contributed by atoms with E-state index in [0.717, 1.165) is 45.5 Å². The molecule has 0 unspecified atom stereocenters. The summed E-state index contributed by atoms with van der Waals surface area (Å²) < 4.78 is 184. The van der Waals surface area contributed by atoms with Gasteiger partial charge in [-0.2, -0.15) is 26.3 Å². The number of fused-ring (bicyclic) bond motifs is 6. The number of rotatable bonds is 14. The molecule has 2 aliphatic heterocycles. The van der Waals surface area contributed by atoms with Crippen LogP contribution in [-0.2, 0) is 40.9 Å². The maximum absolute atomic E-state index is 14.0. The van der Waals surface area contributed by atoms with Crippen molar-refractivity contribution < 1.29 is 91.4 Å². The molecular formula is C48H44F10N6O10. The van der Waals surface area contributed by atoms with E-state index < -0.39 is 97.2 Å². The van der Waals surface area contributed by atoms with Crippen LogP contribution in [0.15, 0.2) is 72.8 Å². The number of methoxy groups -OCH3 is 4. The fraction of sp³-hybridized carbons (Fsp3) is 0.375. The van der Waals surface area contributed by atoms with E-state index in [2.05, 4.69) is 20.4 Å². The molecule has 4 atom stereocenters. The molecule has 0 fully saturated rings. The van der Waals surface area contributed by atoms with Gasteiger partial charge >= 0.3 is 24.3 Å². The van der Waals surface area contributed by atoms with Gasteiger partial charge in [0, 0.05) is 22.3 Å². The minimum atomic E-state index is -4.74. The number of aromatic nitrogens is 6. The molecular weight excluding hydrogens is 1010 g/mol. The molecule has 0 saturated carbocycles. The van der Waals surface area contributed by atoms with Crippen LogP contribution >= 0.6 is 0 Å². The van der Waals surface area contributed by atoms with Gasteiger partial charge in [0.25, 0.3) is 12.9 Å². The average molecular weight is 1050 g/mol. The van der Waals surface area contributed by atoms with Gasteiger partial charge in [-0.15, -0.1) is 20.4 Å². The number of ether oxygens (including phenoxy) is 8. The lowest BCUT2D eigenvalue weighted by molar-refractivity contribution is -0.148. The average Bonchev–Trinajstić information content (AvgIpc) is 3.96. The molecule has 0 saturated heterocycles. The summed E-state index contributed by atoms with van der Waals surface area (Å²) in [4.78, 5) is 24.8. The first-order valence-corrected chi connectivity index (χ1v) is 22.1. The zero-order chi connectivity index (χ0) is 53.8. The largest absolute Gasteiger partial charge is 0.493 e. The Hall–Kier alpha value is -7.48. The molecule has 0 N–H and O–H groups in total. The van der Waals surface area contributed by atoms with E-state index in [1.807, 2.05) is 0 Å². The molecule has 4 aromatic carbocycles. The number of alkyl halides is 10. The first-order chi connectivity index (χ1) is 35.2. The van der Waals surface area contributed by atoms with Gasteiger partial charge in [-0.1, -0.05) is 24.3 Å². The van der Waals surface area contributed by atoms with E-state index in [4.69, 9.17) is 37.9 Å². The predicted molar refractivity (Wildman–Crippen MR) is 236 cm³/mol. The quantitative estimate of drug-likeness (QED) is 0.0746. The Morgan fingerprint density at radius 1 is 0.554 bits per heavy atom. The van der Waals surface area contributed by atoms with Crippen LogP contribution in [0.4, 0.5) is 43.9 Å². The van der Waals surface area contributed by atoms with Gasteiger partial charge in [-0.25, -0.2) is 17.6 Å². The number of carbonyl (C=O) groups excluding carboxylic acids is 2. The number of nitrogens with zero attached hydrogens (tertiary/aromatic N) is 6. The van der Waals surface area contributed by atoms with Crippen molar-refractivity contribution in [1.29, 1.82) is 0 Å². The minimum Gasteiger partial charge on any atom is -0.493 e. The number of esters is 2. The van der Waals surface area contributed by atoms with E-state index in [0.29, 0.717) is 0 Å². The summed E-state index contributed by atoms with van der Waals surface area (Å²) in [5.41, 5.74) is -1.93. The van der Waals surface area contributed by atoms with Crippen molar-refractivity contribution in [3.63, 3.8) is 0 Å². The standard InChI is InChI=1S/2C24H22F5N3O5/c2*1-4-36-18(33)11-17-22-30-31-23(21(25)26)32(22)15-9-8-12(24(27,28)29)10-14(15)19(37-17)13-6-5-7-16(34-2)20(13)35-3/h2*5-10,17,19,21H,4,11H2,1-3H3/t2*17-,19-/m10/s1. The first kappa shape index (κ1) is 54.3. The topological polar surface area (TPSA) is 169 Å². The third-order valence-corrected chi connectivity index (χ3v) is 11.5. The third kappa shape index (κ3) is 10.9. The fourth-order valence-corrected chi connectivity index (χ4v) is 8.44. The van der Waals surface area contributed by atoms with Crippen molar-refractivity contribution in [3.8, 4) is 34.4 Å². The molecule has 0 bridgehead atoms. The Kier molecular flexibility index (Phi) is 16.4. The van der Waals surface area contributed by atoms with Crippen molar-refractivity contribution in [3.05, 3.63) is 129 Å². The highest BCUT2D eigenvalue weighted by atomic mass is 19.4. The summed E-state index contributed by atoms with van der Waals surface area (Å²) >= 11 is 0. The molecule has 8 rings (SSSR count). The Labute approximate surface area is 414 Å². The third-order valence-electron chi connectivity index (χ3n) is 11.5. The van der Waals surface area contributed by atoms with Gasteiger partial charge in [0.05, 0.1) is 77.0 Å². The number of benzene rings is 4. The summed E-state index contributed by atoms with van der Waals surface area (Å²) in [5.74, 6) is -2.62. The number of para-hydroxylation sites is 2. The smallest absolute Gasteiger partial charge is 0.416 e. The van der Waals surface area contributed by atoms with Crippen LogP contribution in [0.3, 0.4) is 0 Å². The molecule has 6 aromatic rings. The van der Waals surface area contributed by atoms with Gasteiger partial charge in [-0.3, -0.25) is 18.7 Å². The van der Waals surface area contributed by atoms with Crippen molar-refractivity contribution in [2.24, 2.45) is 0 Å². The second kappa shape index (κ2) is 22.3. The van der Waals surface area contributed by atoms with Crippen LogP contribution in [0, 0.1) is 0 Å². The van der Waals surface area contributed by atoms with Crippen molar-refractivity contribution in [2.75, 3.05) is 41.7 Å². The van der Waals surface area contributed by atoms with Crippen molar-refractivity contribution in [1.82, 2.24) is 29.5 Å². The zero-order valence-corrected chi connectivity index (χ0v) is 39.8. The Morgan fingerprint density at radius 2 is 0.932 bits per heavy atom. The van der Waals surface area contributed by atoms with Crippen LogP contribution in [0.25, 0.3) is 11.4 Å². The molecule has 74 heavy (non-hydrogen) atoms. The van der Waals surface area contributed by atoms with E-state index in [9.17, 15) is 53.5 Å². The second-order valence-electron chi connectivity index (χ2n) is 15.8. The van der Waals surface area contributed by atoms with Gasteiger partial charge in [0.1, 0.15) is 24.4 Å². The van der Waals surface area contributed by atoms with Gasteiger partial charge in [-0.05, 0) is 62.4 Å². The monoisotopic (exact) mass is 1050 g/mol. The first-order valence-electron chi connectivity index (χ1n) is 22.1. The highest BCUT2D eigenvalue weighted by Gasteiger charge is 2.42. The molecule has 2 aromatic heterocycles. The summed E-state index contributed by atoms with van der Waals surface area (Å²) in [6.07, 6.45) is -21.9. The SMILES string of the molecule is CCOC(=O)C[C@@H]1O[C@@H](c2cccc(OC)c2OC)c2cc(C(F)(F)F)ccc2-n2c(C(F)F)nnc21.CCOC(=O)C[C@H]1O[C@H](c2cccc(OC)c2OC)c2cc(C(F)(F)F)ccc2-n2c(C(F)F)nnc21. The van der Waals surface area contributed by atoms with E-state index in [1.165, 1.54) is 40.6 Å². The Bertz CT molecular complexity index is 2790. The highest BCUT2D eigenvalue weighted by molar-refractivity contribution is 5.71. The second-order valence-corrected chi connectivity index (χ2v) is 15.8.